The number of nitrogens with one attached hydrogen (secondary N) is 1. The average Bonchev–Trinajstić information content (AvgIpc) is 2.89. The number of rotatable bonds is 6. The highest BCUT2D eigenvalue weighted by atomic mass is 16.5. The second-order valence-corrected chi connectivity index (χ2v) is 4.83. The molecule has 1 heterocycles. The first kappa shape index (κ1) is 13.1. The maximum atomic E-state index is 12.3. The Morgan fingerprint density at radius 2 is 2.28 bits per heavy atom. The van der Waals surface area contributed by atoms with Crippen LogP contribution in [0.3, 0.4) is 0 Å². The average molecular weight is 247 g/mol. The number of Topliss-reactive ketones (excluding diaryl/α,β-unsaturated/α-hetero) is 1. The van der Waals surface area contributed by atoms with Crippen molar-refractivity contribution in [3.8, 4) is 5.75 Å². The van der Waals surface area contributed by atoms with E-state index in [1.54, 1.807) is 0 Å². The number of carbonyl (C=O) groups excluding carboxylic acids is 1. The zero-order valence-electron chi connectivity index (χ0n) is 10.9. The summed E-state index contributed by atoms with van der Waals surface area (Å²) in [5, 5.41) is 3.29. The molecule has 2 rings (SSSR count). The summed E-state index contributed by atoms with van der Waals surface area (Å²) in [4.78, 5) is 12.3. The van der Waals surface area contributed by atoms with Gasteiger partial charge in [0.2, 0.25) is 0 Å². The van der Waals surface area contributed by atoms with E-state index in [4.69, 9.17) is 4.74 Å². The van der Waals surface area contributed by atoms with Gasteiger partial charge in [-0.2, -0.15) is 0 Å². The number of hydrogen-bond acceptors (Lipinski definition) is 3. The van der Waals surface area contributed by atoms with Crippen LogP contribution in [0.5, 0.6) is 5.75 Å². The first-order valence-corrected chi connectivity index (χ1v) is 6.77. The van der Waals surface area contributed by atoms with Crippen molar-refractivity contribution in [2.75, 3.05) is 19.7 Å². The van der Waals surface area contributed by atoms with E-state index in [0.717, 1.165) is 37.2 Å². The van der Waals surface area contributed by atoms with Crippen molar-refractivity contribution in [1.82, 2.24) is 5.32 Å². The lowest BCUT2D eigenvalue weighted by atomic mass is 9.97. The van der Waals surface area contributed by atoms with E-state index in [-0.39, 0.29) is 5.78 Å². The SMILES string of the molecule is CCCOc1ccccc1C(=O)CC1CCNC1. The van der Waals surface area contributed by atoms with Gasteiger partial charge >= 0.3 is 0 Å². The van der Waals surface area contributed by atoms with E-state index in [9.17, 15) is 4.79 Å². The van der Waals surface area contributed by atoms with Gasteiger partial charge < -0.3 is 10.1 Å². The van der Waals surface area contributed by atoms with Crippen LogP contribution in [0.25, 0.3) is 0 Å². The van der Waals surface area contributed by atoms with Crippen molar-refractivity contribution in [2.24, 2.45) is 5.92 Å². The molecule has 1 atom stereocenters. The third-order valence-corrected chi connectivity index (χ3v) is 3.29. The van der Waals surface area contributed by atoms with Crippen LogP contribution in [0.15, 0.2) is 24.3 Å². The molecule has 0 aromatic heterocycles. The van der Waals surface area contributed by atoms with Crippen LogP contribution < -0.4 is 10.1 Å². The van der Waals surface area contributed by atoms with Gasteiger partial charge in [0.1, 0.15) is 5.75 Å². The summed E-state index contributed by atoms with van der Waals surface area (Å²) in [7, 11) is 0. The van der Waals surface area contributed by atoms with Crippen molar-refractivity contribution >= 4 is 5.78 Å². The van der Waals surface area contributed by atoms with Gasteiger partial charge in [-0.15, -0.1) is 0 Å². The van der Waals surface area contributed by atoms with Crippen LogP contribution in [0.4, 0.5) is 0 Å². The van der Waals surface area contributed by atoms with Gasteiger partial charge in [-0.3, -0.25) is 4.79 Å². The fourth-order valence-corrected chi connectivity index (χ4v) is 2.30. The lowest BCUT2D eigenvalue weighted by Crippen LogP contribution is -2.13. The molecule has 0 radical (unpaired) electrons. The number of ether oxygens (including phenoxy) is 1. The Balaban J connectivity index is 2.03. The molecule has 0 bridgehead atoms. The van der Waals surface area contributed by atoms with E-state index in [1.807, 2.05) is 24.3 Å². The Kier molecular flexibility index (Phi) is 4.76. The van der Waals surface area contributed by atoms with E-state index in [2.05, 4.69) is 12.2 Å². The summed E-state index contributed by atoms with van der Waals surface area (Å²) < 4.78 is 5.64. The minimum Gasteiger partial charge on any atom is -0.493 e. The molecule has 1 fully saturated rings. The number of carbonyl (C=O) groups is 1. The Morgan fingerprint density at radius 3 is 3.00 bits per heavy atom. The van der Waals surface area contributed by atoms with Gasteiger partial charge in [0.15, 0.2) is 5.78 Å². The molecule has 1 aliphatic heterocycles. The summed E-state index contributed by atoms with van der Waals surface area (Å²) >= 11 is 0. The Hall–Kier alpha value is -1.35. The molecule has 1 aromatic rings. The molecule has 1 unspecified atom stereocenters. The van der Waals surface area contributed by atoms with Crippen molar-refractivity contribution in [2.45, 2.75) is 26.2 Å². The lowest BCUT2D eigenvalue weighted by molar-refractivity contribution is 0.0960. The van der Waals surface area contributed by atoms with Crippen LogP contribution in [0.1, 0.15) is 36.5 Å². The van der Waals surface area contributed by atoms with Crippen molar-refractivity contribution in [3.05, 3.63) is 29.8 Å². The van der Waals surface area contributed by atoms with Crippen molar-refractivity contribution in [1.29, 1.82) is 0 Å². The summed E-state index contributed by atoms with van der Waals surface area (Å²) in [6.45, 7) is 4.72. The highest BCUT2D eigenvalue weighted by Gasteiger charge is 2.20. The first-order valence-electron chi connectivity index (χ1n) is 6.77. The monoisotopic (exact) mass is 247 g/mol. The summed E-state index contributed by atoms with van der Waals surface area (Å²) in [5.74, 6) is 1.42. The van der Waals surface area contributed by atoms with Crippen LogP contribution in [-0.2, 0) is 0 Å². The quantitative estimate of drug-likeness (QED) is 0.785. The number of benzene rings is 1. The Labute approximate surface area is 109 Å². The lowest BCUT2D eigenvalue weighted by Gasteiger charge is -2.12. The topological polar surface area (TPSA) is 38.3 Å². The number of ketones is 1. The standard InChI is InChI=1S/C15H21NO2/c1-2-9-18-15-6-4-3-5-13(15)14(17)10-12-7-8-16-11-12/h3-6,12,16H,2,7-11H2,1H3. The molecule has 18 heavy (non-hydrogen) atoms. The van der Waals surface area contributed by atoms with Crippen LogP contribution in [0, 0.1) is 5.92 Å². The normalized spacial score (nSPS) is 18.8. The summed E-state index contributed by atoms with van der Waals surface area (Å²) in [6, 6.07) is 7.57. The number of para-hydroxylation sites is 1. The van der Waals surface area contributed by atoms with Gasteiger partial charge in [0, 0.05) is 6.42 Å². The zero-order valence-corrected chi connectivity index (χ0v) is 10.9. The minimum atomic E-state index is 0.204. The molecular weight excluding hydrogens is 226 g/mol. The number of hydrogen-bond donors (Lipinski definition) is 1. The highest BCUT2D eigenvalue weighted by Crippen LogP contribution is 2.23. The Morgan fingerprint density at radius 1 is 1.44 bits per heavy atom. The van der Waals surface area contributed by atoms with Gasteiger partial charge in [-0.1, -0.05) is 19.1 Å². The molecule has 3 heteroatoms. The van der Waals surface area contributed by atoms with Crippen LogP contribution in [-0.4, -0.2) is 25.5 Å². The van der Waals surface area contributed by atoms with E-state index in [1.165, 1.54) is 0 Å². The molecule has 0 aliphatic carbocycles. The van der Waals surface area contributed by atoms with Gasteiger partial charge in [-0.25, -0.2) is 0 Å². The smallest absolute Gasteiger partial charge is 0.166 e. The molecule has 1 saturated heterocycles. The predicted molar refractivity (Wildman–Crippen MR) is 72.2 cm³/mol. The van der Waals surface area contributed by atoms with E-state index in [0.29, 0.717) is 18.9 Å². The molecule has 0 saturated carbocycles. The Bertz CT molecular complexity index is 397. The molecule has 0 amide bonds. The fraction of sp³-hybridized carbons (Fsp3) is 0.533. The minimum absolute atomic E-state index is 0.204. The molecular formula is C15H21NO2. The van der Waals surface area contributed by atoms with Crippen molar-refractivity contribution in [3.63, 3.8) is 0 Å². The fourth-order valence-electron chi connectivity index (χ4n) is 2.30. The third kappa shape index (κ3) is 3.33. The van der Waals surface area contributed by atoms with E-state index >= 15 is 0 Å². The molecule has 1 aliphatic rings. The van der Waals surface area contributed by atoms with Gasteiger partial charge in [-0.05, 0) is 44.0 Å². The molecule has 3 nitrogen and oxygen atoms in total. The van der Waals surface area contributed by atoms with Crippen LogP contribution in [0.2, 0.25) is 0 Å². The maximum absolute atomic E-state index is 12.3. The second-order valence-electron chi connectivity index (χ2n) is 4.83. The first-order chi connectivity index (χ1) is 8.81. The van der Waals surface area contributed by atoms with Gasteiger partial charge in [0.25, 0.3) is 0 Å². The van der Waals surface area contributed by atoms with Crippen LogP contribution >= 0.6 is 0 Å². The zero-order chi connectivity index (χ0) is 12.8. The maximum Gasteiger partial charge on any atom is 0.166 e. The predicted octanol–water partition coefficient (Wildman–Crippen LogP) is 2.66. The van der Waals surface area contributed by atoms with E-state index < -0.39 is 0 Å². The molecule has 0 spiro atoms. The van der Waals surface area contributed by atoms with Crippen molar-refractivity contribution < 1.29 is 9.53 Å². The summed E-state index contributed by atoms with van der Waals surface area (Å²) in [6.07, 6.45) is 2.68. The summed E-state index contributed by atoms with van der Waals surface area (Å²) in [5.41, 5.74) is 0.734. The molecule has 1 N–H and O–H groups in total. The second kappa shape index (κ2) is 6.55. The molecule has 98 valence electrons. The largest absolute Gasteiger partial charge is 0.493 e. The third-order valence-electron chi connectivity index (χ3n) is 3.29. The molecule has 1 aromatic carbocycles. The van der Waals surface area contributed by atoms with Gasteiger partial charge in [0.05, 0.1) is 12.2 Å². The highest BCUT2D eigenvalue weighted by molar-refractivity contribution is 5.98.